The van der Waals surface area contributed by atoms with Crippen LogP contribution in [-0.4, -0.2) is 137 Å². The minimum absolute atomic E-state index is 0.000291. The standard InChI is InChI=1S/C54H64Cl3N11O10S2/c1-29(69)45-54(78)67-44(52(76)63-40(47(60)71)24-32-10-18-36(56)19-11-32)28-80-79-27-43(66-48(72)38(58)23-30-8-16-35(55)17-9-30)53(77)65-42(26-33-12-20-37(57)21-13-33)51(75)64-41(25-31-6-14-34(15-7-31)46(59)70)50(74)62-39(49(73)68-45)5-3-4-22-61-2/h6-21,29,38-39,41-45,61,69H,3-5,22-28,58H2,1-2H3,(H2,59,70)(H2,60,71)(H,62,74)(H,64,75)(H,65,77)(H,66,72)(H,67,78)(H,68,73)/b63-40+/t29-,38+,39+,41-,42+,43-,44+,45+/m1/s1. The van der Waals surface area contributed by atoms with Crippen LogP contribution < -0.4 is 54.4 Å². The van der Waals surface area contributed by atoms with E-state index >= 15 is 0 Å². The molecule has 1 aliphatic heterocycles. The molecule has 9 amide bonds. The average Bonchev–Trinajstić information content (AvgIpc) is 3.42. The summed E-state index contributed by atoms with van der Waals surface area (Å²) in [6, 6.07) is 15.0. The molecule has 0 saturated carbocycles. The lowest BCUT2D eigenvalue weighted by Gasteiger charge is -2.29. The van der Waals surface area contributed by atoms with Crippen molar-refractivity contribution in [2.75, 3.05) is 25.1 Å². The van der Waals surface area contributed by atoms with Crippen LogP contribution in [0.2, 0.25) is 15.1 Å². The van der Waals surface area contributed by atoms with Gasteiger partial charge in [-0.25, -0.2) is 4.99 Å². The van der Waals surface area contributed by atoms with Gasteiger partial charge in [0, 0.05) is 51.4 Å². The van der Waals surface area contributed by atoms with Gasteiger partial charge in [-0.1, -0.05) is 105 Å². The summed E-state index contributed by atoms with van der Waals surface area (Å²) in [5, 5.41) is 31.3. The van der Waals surface area contributed by atoms with E-state index in [1.165, 1.54) is 31.2 Å². The van der Waals surface area contributed by atoms with Gasteiger partial charge in [0.05, 0.1) is 12.1 Å². The second kappa shape index (κ2) is 32.0. The van der Waals surface area contributed by atoms with Crippen LogP contribution in [0, 0.1) is 0 Å². The molecule has 0 aromatic heterocycles. The molecule has 0 aliphatic carbocycles. The minimum atomic E-state index is -1.75. The Morgan fingerprint density at radius 3 is 1.66 bits per heavy atom. The number of aliphatic hydroxyl groups is 1. The van der Waals surface area contributed by atoms with E-state index in [2.05, 4.69) is 42.2 Å². The minimum Gasteiger partial charge on any atom is -0.391 e. The van der Waals surface area contributed by atoms with Crippen LogP contribution in [0.5, 0.6) is 0 Å². The Hall–Kier alpha value is -6.57. The summed E-state index contributed by atoms with van der Waals surface area (Å²) >= 11 is 18.3. The molecule has 1 saturated heterocycles. The largest absolute Gasteiger partial charge is 0.391 e. The fourth-order valence-electron chi connectivity index (χ4n) is 8.00. The SMILES string of the molecule is CNCCCC[C@@H]1NC(=O)[C@@H](Cc2ccc(C(N)=O)cc2)NC(=O)[C@H](Cc2ccc(Cl)cc2)NC(=O)[C@H](NC(=O)[C@@H](N)Cc2ccc(Cl)cc2)CSSC[C@@H](C(=O)/N=C(\Cc2ccc(Cl)cc2)C(N)=O)NC(=O)[C@H]([C@@H](C)O)NC1=O. The number of hydrogen-bond acceptors (Lipinski definition) is 14. The summed E-state index contributed by atoms with van der Waals surface area (Å²) in [5.41, 5.74) is 19.5. The van der Waals surface area contributed by atoms with Crippen LogP contribution in [0.3, 0.4) is 0 Å². The highest BCUT2D eigenvalue weighted by Crippen LogP contribution is 2.25. The maximum absolute atomic E-state index is 14.8. The first-order valence-electron chi connectivity index (χ1n) is 25.3. The molecule has 1 heterocycles. The van der Waals surface area contributed by atoms with Crippen LogP contribution in [-0.2, 0) is 64.0 Å². The van der Waals surface area contributed by atoms with E-state index in [-0.39, 0.29) is 54.9 Å². The summed E-state index contributed by atoms with van der Waals surface area (Å²) in [4.78, 5) is 130. The molecular formula is C54H64Cl3N11O10S2. The smallest absolute Gasteiger partial charge is 0.269 e. The highest BCUT2D eigenvalue weighted by molar-refractivity contribution is 8.76. The van der Waals surface area contributed by atoms with Gasteiger partial charge in [-0.05, 0) is 117 Å². The predicted octanol–water partition coefficient (Wildman–Crippen LogP) is 1.87. The van der Waals surface area contributed by atoms with Gasteiger partial charge in [0.15, 0.2) is 0 Å². The molecule has 21 nitrogen and oxygen atoms in total. The van der Waals surface area contributed by atoms with Crippen molar-refractivity contribution in [1.29, 1.82) is 0 Å². The first-order chi connectivity index (χ1) is 38.1. The number of halogens is 3. The molecule has 80 heavy (non-hydrogen) atoms. The number of aliphatic hydroxyl groups excluding tert-OH is 1. The molecule has 1 aliphatic rings. The van der Waals surface area contributed by atoms with Crippen LogP contribution in [0.4, 0.5) is 0 Å². The first-order valence-corrected chi connectivity index (χ1v) is 28.9. The highest BCUT2D eigenvalue weighted by atomic mass is 35.5. The number of hydrogen-bond donors (Lipinski definition) is 11. The molecule has 1 fully saturated rings. The lowest BCUT2D eigenvalue weighted by atomic mass is 10.00. The van der Waals surface area contributed by atoms with Crippen molar-refractivity contribution in [2.24, 2.45) is 22.2 Å². The van der Waals surface area contributed by atoms with E-state index in [4.69, 9.17) is 52.0 Å². The summed E-state index contributed by atoms with van der Waals surface area (Å²) in [6.07, 6.45) is -1.26. The predicted molar refractivity (Wildman–Crippen MR) is 310 cm³/mol. The number of amides is 9. The Balaban J connectivity index is 1.60. The number of carbonyl (C=O) groups excluding carboxylic acids is 9. The van der Waals surface area contributed by atoms with E-state index in [1.807, 2.05) is 0 Å². The number of unbranched alkanes of at least 4 members (excludes halogenated alkanes) is 1. The van der Waals surface area contributed by atoms with Gasteiger partial charge in [0.2, 0.25) is 41.4 Å². The summed E-state index contributed by atoms with van der Waals surface area (Å²) in [5.74, 6) is -8.71. The monoisotopic (exact) mass is 1200 g/mol. The third kappa shape index (κ3) is 20.8. The van der Waals surface area contributed by atoms with Crippen LogP contribution in [0.15, 0.2) is 102 Å². The number of rotatable bonds is 19. The first kappa shape index (κ1) is 64.3. The summed E-state index contributed by atoms with van der Waals surface area (Å²) < 4.78 is 0. The molecule has 428 valence electrons. The molecule has 4 aromatic carbocycles. The molecule has 8 atom stereocenters. The number of benzene rings is 4. The molecular weight excluding hydrogens is 1130 g/mol. The van der Waals surface area contributed by atoms with Crippen molar-refractivity contribution in [3.8, 4) is 0 Å². The average molecular weight is 1200 g/mol. The van der Waals surface area contributed by atoms with Crippen molar-refractivity contribution in [2.45, 2.75) is 100 Å². The van der Waals surface area contributed by atoms with Crippen molar-refractivity contribution in [3.63, 3.8) is 0 Å². The Labute approximate surface area is 485 Å². The fourth-order valence-corrected chi connectivity index (χ4v) is 10.7. The third-order valence-corrected chi connectivity index (χ3v) is 15.7. The van der Waals surface area contributed by atoms with E-state index in [1.54, 1.807) is 79.8 Å². The highest BCUT2D eigenvalue weighted by Gasteiger charge is 2.36. The molecule has 5 rings (SSSR count). The van der Waals surface area contributed by atoms with Crippen molar-refractivity contribution in [3.05, 3.63) is 140 Å². The van der Waals surface area contributed by atoms with Gasteiger partial charge >= 0.3 is 0 Å². The van der Waals surface area contributed by atoms with Crippen LogP contribution in [0.1, 0.15) is 58.8 Å². The lowest BCUT2D eigenvalue weighted by molar-refractivity contribution is -0.136. The van der Waals surface area contributed by atoms with Gasteiger partial charge in [-0.2, -0.15) is 0 Å². The van der Waals surface area contributed by atoms with E-state index < -0.39 is 102 Å². The number of nitrogens with two attached hydrogens (primary N) is 3. The number of carbonyl (C=O) groups is 9. The topological polar surface area (TPSA) is 348 Å². The van der Waals surface area contributed by atoms with E-state index in [0.717, 1.165) is 21.6 Å². The van der Waals surface area contributed by atoms with Gasteiger partial charge in [0.25, 0.3) is 11.8 Å². The molecule has 0 radical (unpaired) electrons. The lowest BCUT2D eigenvalue weighted by Crippen LogP contribution is -2.61. The Bertz CT molecular complexity index is 2850. The molecule has 4 aromatic rings. The van der Waals surface area contributed by atoms with Gasteiger partial charge in [0.1, 0.15) is 42.0 Å². The quantitative estimate of drug-likeness (QED) is 0.0363. The summed E-state index contributed by atoms with van der Waals surface area (Å²) in [6.45, 7) is 1.75. The number of aliphatic imine (C=N–C) groups is 1. The molecule has 0 bridgehead atoms. The fraction of sp³-hybridized carbons (Fsp3) is 0.370. The number of nitrogens with zero attached hydrogens (tertiary/aromatic N) is 1. The Kier molecular flexibility index (Phi) is 25.7. The second-order valence-corrected chi connectivity index (χ2v) is 22.7. The van der Waals surface area contributed by atoms with E-state index in [0.29, 0.717) is 56.7 Å². The maximum atomic E-state index is 14.8. The van der Waals surface area contributed by atoms with Crippen molar-refractivity contribution < 1.29 is 48.3 Å². The normalized spacial score (nSPS) is 20.8. The van der Waals surface area contributed by atoms with Gasteiger partial charge in [-0.15, -0.1) is 0 Å². The Morgan fingerprint density at radius 2 is 1.14 bits per heavy atom. The molecule has 26 heteroatoms. The second-order valence-electron chi connectivity index (χ2n) is 18.8. The summed E-state index contributed by atoms with van der Waals surface area (Å²) in [7, 11) is 3.64. The van der Waals surface area contributed by atoms with Gasteiger partial charge < -0.3 is 59.5 Å². The molecule has 0 spiro atoms. The Morgan fingerprint density at radius 1 is 0.650 bits per heavy atom. The zero-order valence-corrected chi connectivity index (χ0v) is 47.6. The third-order valence-electron chi connectivity index (χ3n) is 12.5. The van der Waals surface area contributed by atoms with Crippen molar-refractivity contribution in [1.82, 2.24) is 37.2 Å². The van der Waals surface area contributed by atoms with Gasteiger partial charge in [-0.3, -0.25) is 43.2 Å². The molecule has 14 N–H and O–H groups in total. The van der Waals surface area contributed by atoms with Crippen LogP contribution >= 0.6 is 56.4 Å². The zero-order valence-electron chi connectivity index (χ0n) is 43.7. The number of nitrogens with one attached hydrogen (secondary N) is 7. The van der Waals surface area contributed by atoms with Crippen molar-refractivity contribution >= 4 is 115 Å². The maximum Gasteiger partial charge on any atom is 0.269 e. The van der Waals surface area contributed by atoms with E-state index in [9.17, 15) is 48.3 Å². The zero-order chi connectivity index (χ0) is 58.5. The number of primary amides is 2. The van der Waals surface area contributed by atoms with Crippen LogP contribution in [0.25, 0.3) is 0 Å². The molecule has 0 unspecified atom stereocenters.